The van der Waals surface area contributed by atoms with E-state index in [1.165, 1.54) is 4.31 Å². The fourth-order valence-corrected chi connectivity index (χ4v) is 5.64. The van der Waals surface area contributed by atoms with E-state index in [1.54, 1.807) is 36.7 Å². The van der Waals surface area contributed by atoms with Gasteiger partial charge in [0.25, 0.3) is 0 Å². The van der Waals surface area contributed by atoms with Crippen LogP contribution in [0.3, 0.4) is 0 Å². The van der Waals surface area contributed by atoms with Gasteiger partial charge in [0.05, 0.1) is 17.0 Å². The molecule has 4 rings (SSSR count). The number of aliphatic hydroxyl groups is 1. The molecule has 1 aromatic heterocycles. The molecule has 144 valence electrons. The van der Waals surface area contributed by atoms with Crippen molar-refractivity contribution in [2.45, 2.75) is 29.9 Å². The van der Waals surface area contributed by atoms with Crippen LogP contribution in [0, 0.1) is 0 Å². The van der Waals surface area contributed by atoms with Crippen molar-refractivity contribution in [2.75, 3.05) is 6.54 Å². The largest absolute Gasteiger partial charge is 0.387 e. The van der Waals surface area contributed by atoms with Crippen molar-refractivity contribution < 1.29 is 13.5 Å². The Morgan fingerprint density at radius 3 is 2.39 bits per heavy atom. The molecule has 1 N–H and O–H groups in total. The van der Waals surface area contributed by atoms with Crippen molar-refractivity contribution in [3.63, 3.8) is 0 Å². The SMILES string of the molecule is O=S1(=O)c2ccccc2[C@H](O)[C@@H](Cc2cccnc2)N1CCc1ccccc1. The third kappa shape index (κ3) is 3.58. The number of benzene rings is 2. The molecular weight excluding hydrogens is 372 g/mol. The summed E-state index contributed by atoms with van der Waals surface area (Å²) in [5.41, 5.74) is 2.42. The van der Waals surface area contributed by atoms with E-state index < -0.39 is 22.2 Å². The number of aromatic nitrogens is 1. The van der Waals surface area contributed by atoms with E-state index in [0.717, 1.165) is 11.1 Å². The van der Waals surface area contributed by atoms with E-state index in [0.29, 0.717) is 24.9 Å². The van der Waals surface area contributed by atoms with Crippen molar-refractivity contribution in [2.24, 2.45) is 0 Å². The molecule has 0 radical (unpaired) electrons. The lowest BCUT2D eigenvalue weighted by Gasteiger charge is -2.39. The first-order valence-corrected chi connectivity index (χ1v) is 10.7. The van der Waals surface area contributed by atoms with Gasteiger partial charge in [-0.2, -0.15) is 4.31 Å². The predicted molar refractivity (Wildman–Crippen MR) is 107 cm³/mol. The second kappa shape index (κ2) is 7.83. The van der Waals surface area contributed by atoms with E-state index in [2.05, 4.69) is 4.98 Å². The monoisotopic (exact) mass is 394 g/mol. The van der Waals surface area contributed by atoms with Gasteiger partial charge in [-0.15, -0.1) is 0 Å². The first-order valence-electron chi connectivity index (χ1n) is 9.29. The molecular formula is C22H22N2O3S. The minimum atomic E-state index is -3.70. The zero-order valence-electron chi connectivity index (χ0n) is 15.3. The summed E-state index contributed by atoms with van der Waals surface area (Å²) < 4.78 is 28.2. The summed E-state index contributed by atoms with van der Waals surface area (Å²) in [6.45, 7) is 0.308. The minimum Gasteiger partial charge on any atom is -0.387 e. The molecule has 0 fully saturated rings. The number of sulfonamides is 1. The average Bonchev–Trinajstić information content (AvgIpc) is 2.73. The number of pyridine rings is 1. The zero-order chi connectivity index (χ0) is 19.6. The second-order valence-corrected chi connectivity index (χ2v) is 8.83. The van der Waals surface area contributed by atoms with Crippen LogP contribution in [0.2, 0.25) is 0 Å². The van der Waals surface area contributed by atoms with Crippen LogP contribution < -0.4 is 0 Å². The Bertz CT molecular complexity index is 1040. The second-order valence-electron chi connectivity index (χ2n) is 6.97. The quantitative estimate of drug-likeness (QED) is 0.722. The Morgan fingerprint density at radius 1 is 0.929 bits per heavy atom. The fraction of sp³-hybridized carbons (Fsp3) is 0.227. The molecule has 1 aliphatic heterocycles. The van der Waals surface area contributed by atoms with Gasteiger partial charge in [-0.05, 0) is 36.1 Å². The number of rotatable bonds is 5. The van der Waals surface area contributed by atoms with E-state index in [9.17, 15) is 13.5 Å². The van der Waals surface area contributed by atoms with Crippen LogP contribution >= 0.6 is 0 Å². The lowest BCUT2D eigenvalue weighted by Crippen LogP contribution is -2.49. The van der Waals surface area contributed by atoms with Gasteiger partial charge in [0.15, 0.2) is 0 Å². The molecule has 0 aliphatic carbocycles. The maximum Gasteiger partial charge on any atom is 0.243 e. The van der Waals surface area contributed by atoms with Gasteiger partial charge in [0, 0.05) is 24.5 Å². The Labute approximate surface area is 165 Å². The van der Waals surface area contributed by atoms with E-state index >= 15 is 0 Å². The van der Waals surface area contributed by atoms with Crippen molar-refractivity contribution in [3.05, 3.63) is 95.8 Å². The Hall–Kier alpha value is -2.54. The summed E-state index contributed by atoms with van der Waals surface area (Å²) >= 11 is 0. The standard InChI is InChI=1S/C22H22N2O3S/c25-22-19-10-4-5-11-21(19)28(26,27)24(14-12-17-7-2-1-3-8-17)20(22)15-18-9-6-13-23-16-18/h1-11,13,16,20,22,25H,12,14-15H2/t20-,22+/m1/s1. The number of nitrogens with zero attached hydrogens (tertiary/aromatic N) is 2. The van der Waals surface area contributed by atoms with Crippen LogP contribution in [0.15, 0.2) is 84.0 Å². The van der Waals surface area contributed by atoms with Gasteiger partial charge in [0.2, 0.25) is 10.0 Å². The summed E-state index contributed by atoms with van der Waals surface area (Å²) in [5, 5.41) is 11.1. The smallest absolute Gasteiger partial charge is 0.243 e. The van der Waals surface area contributed by atoms with Crippen molar-refractivity contribution in [1.29, 1.82) is 0 Å². The molecule has 0 amide bonds. The normalized spacial score (nSPS) is 21.2. The lowest BCUT2D eigenvalue weighted by molar-refractivity contribution is 0.0800. The van der Waals surface area contributed by atoms with Crippen molar-refractivity contribution in [1.82, 2.24) is 9.29 Å². The van der Waals surface area contributed by atoms with Crippen LogP contribution in [0.4, 0.5) is 0 Å². The molecule has 28 heavy (non-hydrogen) atoms. The van der Waals surface area contributed by atoms with Gasteiger partial charge in [-0.1, -0.05) is 54.6 Å². The van der Waals surface area contributed by atoms with Gasteiger partial charge in [-0.3, -0.25) is 4.98 Å². The van der Waals surface area contributed by atoms with Crippen molar-refractivity contribution in [3.8, 4) is 0 Å². The summed E-state index contributed by atoms with van der Waals surface area (Å²) in [6.07, 6.45) is 3.49. The maximum atomic E-state index is 13.4. The summed E-state index contributed by atoms with van der Waals surface area (Å²) in [7, 11) is -3.70. The number of aliphatic hydroxyl groups excluding tert-OH is 1. The summed E-state index contributed by atoms with van der Waals surface area (Å²) in [4.78, 5) is 4.32. The van der Waals surface area contributed by atoms with Gasteiger partial charge >= 0.3 is 0 Å². The van der Waals surface area contributed by atoms with Crippen molar-refractivity contribution >= 4 is 10.0 Å². The van der Waals surface area contributed by atoms with Crippen LogP contribution in [0.25, 0.3) is 0 Å². The van der Waals surface area contributed by atoms with E-state index in [1.807, 2.05) is 42.5 Å². The molecule has 0 spiro atoms. The maximum absolute atomic E-state index is 13.4. The first kappa shape index (κ1) is 18.8. The summed E-state index contributed by atoms with van der Waals surface area (Å²) in [6, 6.07) is 19.7. The van der Waals surface area contributed by atoms with Gasteiger partial charge in [-0.25, -0.2) is 8.42 Å². The first-order chi connectivity index (χ1) is 13.6. The van der Waals surface area contributed by atoms with Gasteiger partial charge in [0.1, 0.15) is 0 Å². The Morgan fingerprint density at radius 2 is 1.64 bits per heavy atom. The highest BCUT2D eigenvalue weighted by Gasteiger charge is 2.43. The van der Waals surface area contributed by atoms with Crippen LogP contribution in [0.5, 0.6) is 0 Å². The molecule has 2 aromatic carbocycles. The number of hydrogen-bond donors (Lipinski definition) is 1. The zero-order valence-corrected chi connectivity index (χ0v) is 16.2. The molecule has 2 atom stereocenters. The number of fused-ring (bicyclic) bond motifs is 1. The lowest BCUT2D eigenvalue weighted by atomic mass is 9.96. The third-order valence-electron chi connectivity index (χ3n) is 5.19. The molecule has 0 bridgehead atoms. The van der Waals surface area contributed by atoms with Crippen LogP contribution in [-0.4, -0.2) is 35.4 Å². The fourth-order valence-electron chi connectivity index (χ4n) is 3.77. The third-order valence-corrected chi connectivity index (χ3v) is 7.19. The average molecular weight is 394 g/mol. The summed E-state index contributed by atoms with van der Waals surface area (Å²) in [5.74, 6) is 0. The Kier molecular flexibility index (Phi) is 5.26. The number of hydrogen-bond acceptors (Lipinski definition) is 4. The molecule has 0 saturated carbocycles. The minimum absolute atomic E-state index is 0.193. The van der Waals surface area contributed by atoms with E-state index in [-0.39, 0.29) is 4.90 Å². The van der Waals surface area contributed by atoms with Crippen LogP contribution in [-0.2, 0) is 22.9 Å². The highest BCUT2D eigenvalue weighted by Crippen LogP contribution is 2.38. The molecule has 3 aromatic rings. The van der Waals surface area contributed by atoms with Crippen LogP contribution in [0.1, 0.15) is 22.8 Å². The molecule has 0 saturated heterocycles. The highest BCUT2D eigenvalue weighted by atomic mass is 32.2. The van der Waals surface area contributed by atoms with E-state index in [4.69, 9.17) is 0 Å². The molecule has 1 aliphatic rings. The topological polar surface area (TPSA) is 70.5 Å². The molecule has 5 nitrogen and oxygen atoms in total. The molecule has 2 heterocycles. The molecule has 6 heteroatoms. The van der Waals surface area contributed by atoms with Gasteiger partial charge < -0.3 is 5.11 Å². The highest BCUT2D eigenvalue weighted by molar-refractivity contribution is 7.89. The predicted octanol–water partition coefficient (Wildman–Crippen LogP) is 2.97. The molecule has 0 unspecified atom stereocenters. The Balaban J connectivity index is 1.71.